The van der Waals surface area contributed by atoms with Gasteiger partial charge in [0.25, 0.3) is 0 Å². The predicted octanol–water partition coefficient (Wildman–Crippen LogP) is 4.43. The van der Waals surface area contributed by atoms with Gasteiger partial charge in [0, 0.05) is 12.5 Å². The van der Waals surface area contributed by atoms with Crippen LogP contribution in [0.2, 0.25) is 0 Å². The van der Waals surface area contributed by atoms with Gasteiger partial charge in [-0.05, 0) is 69.6 Å². The van der Waals surface area contributed by atoms with Gasteiger partial charge in [0.15, 0.2) is 0 Å². The minimum absolute atomic E-state index is 1.19. The number of aryl methyl sites for hydroxylation is 1. The summed E-state index contributed by atoms with van der Waals surface area (Å²) in [5, 5.41) is 0. The molecule has 0 bridgehead atoms. The van der Waals surface area contributed by atoms with Crippen molar-refractivity contribution in [3.05, 3.63) is 29.7 Å². The molecule has 0 saturated heterocycles. The maximum absolute atomic E-state index is 3.53. The van der Waals surface area contributed by atoms with Gasteiger partial charge in [0.1, 0.15) is 0 Å². The number of rotatable bonds is 0. The highest BCUT2D eigenvalue weighted by molar-refractivity contribution is 14.1. The molecule has 0 aromatic heterocycles. The Hall–Kier alpha value is 0.910. The van der Waals surface area contributed by atoms with Crippen molar-refractivity contribution in [3.63, 3.8) is 0 Å². The molecular formula is C8H7Br2I. The lowest BCUT2D eigenvalue weighted by Crippen LogP contribution is -1.86. The normalized spacial score (nSPS) is 10.3. The largest absolute Gasteiger partial charge is 0.0502 e. The van der Waals surface area contributed by atoms with E-state index in [1.807, 2.05) is 0 Å². The van der Waals surface area contributed by atoms with Gasteiger partial charge in [-0.25, -0.2) is 0 Å². The smallest absolute Gasteiger partial charge is 0.0349 e. The summed E-state index contributed by atoms with van der Waals surface area (Å²) in [4.78, 5) is 0. The summed E-state index contributed by atoms with van der Waals surface area (Å²) in [5.74, 6) is 0. The first kappa shape index (κ1) is 9.99. The monoisotopic (exact) mass is 388 g/mol. The summed E-state index contributed by atoms with van der Waals surface area (Å²) in [6, 6.07) is 2.15. The lowest BCUT2D eigenvalue weighted by molar-refractivity contribution is 1.30. The average Bonchev–Trinajstić information content (AvgIpc) is 1.97. The van der Waals surface area contributed by atoms with Crippen LogP contribution < -0.4 is 0 Å². The van der Waals surface area contributed by atoms with E-state index in [2.05, 4.69) is 74.4 Å². The first-order valence-electron chi connectivity index (χ1n) is 3.14. The van der Waals surface area contributed by atoms with Crippen LogP contribution in [-0.2, 0) is 0 Å². The van der Waals surface area contributed by atoms with E-state index in [0.29, 0.717) is 0 Å². The van der Waals surface area contributed by atoms with E-state index >= 15 is 0 Å². The number of hydrogen-bond acceptors (Lipinski definition) is 0. The third kappa shape index (κ3) is 1.98. The molecule has 0 spiro atoms. The second-order valence-corrected chi connectivity index (χ2v) is 5.18. The van der Waals surface area contributed by atoms with Gasteiger partial charge in [-0.1, -0.05) is 15.9 Å². The fourth-order valence-corrected chi connectivity index (χ4v) is 2.65. The van der Waals surface area contributed by atoms with Gasteiger partial charge in [0.2, 0.25) is 0 Å². The Morgan fingerprint density at radius 1 is 1.18 bits per heavy atom. The van der Waals surface area contributed by atoms with Crippen LogP contribution in [-0.4, -0.2) is 0 Å². The second-order valence-electron chi connectivity index (χ2n) is 2.43. The summed E-state index contributed by atoms with van der Waals surface area (Å²) in [5.41, 5.74) is 2.56. The zero-order chi connectivity index (χ0) is 8.59. The molecule has 0 aliphatic rings. The summed E-state index contributed by atoms with van der Waals surface area (Å²) in [6.07, 6.45) is 0. The quantitative estimate of drug-likeness (QED) is 0.455. The molecule has 0 amide bonds. The molecule has 0 N–H and O–H groups in total. The third-order valence-electron chi connectivity index (χ3n) is 1.56. The van der Waals surface area contributed by atoms with Crippen LogP contribution >= 0.6 is 54.5 Å². The molecule has 1 rings (SSSR count). The molecule has 3 heteroatoms. The zero-order valence-corrected chi connectivity index (χ0v) is 11.5. The fourth-order valence-electron chi connectivity index (χ4n) is 0.888. The van der Waals surface area contributed by atoms with E-state index in [0.717, 1.165) is 0 Å². The molecule has 60 valence electrons. The molecule has 1 aromatic rings. The second kappa shape index (κ2) is 3.75. The Morgan fingerprint density at radius 3 is 2.27 bits per heavy atom. The molecule has 0 unspecified atom stereocenters. The Balaban J connectivity index is 3.46. The zero-order valence-electron chi connectivity index (χ0n) is 6.21. The molecule has 0 saturated carbocycles. The minimum Gasteiger partial charge on any atom is -0.0502 e. The van der Waals surface area contributed by atoms with Crippen molar-refractivity contribution >= 4 is 54.5 Å². The van der Waals surface area contributed by atoms with Crippen molar-refractivity contribution in [2.24, 2.45) is 0 Å². The SMILES string of the molecule is Cc1cc(I)c(Br)c(C)c1Br. The highest BCUT2D eigenvalue weighted by Crippen LogP contribution is 2.31. The topological polar surface area (TPSA) is 0 Å². The van der Waals surface area contributed by atoms with Crippen molar-refractivity contribution in [1.82, 2.24) is 0 Å². The first-order valence-corrected chi connectivity index (χ1v) is 5.81. The van der Waals surface area contributed by atoms with Gasteiger partial charge in [0.05, 0.1) is 0 Å². The van der Waals surface area contributed by atoms with Crippen molar-refractivity contribution in [2.75, 3.05) is 0 Å². The molecule has 0 radical (unpaired) electrons. The van der Waals surface area contributed by atoms with Gasteiger partial charge in [-0.15, -0.1) is 0 Å². The lowest BCUT2D eigenvalue weighted by atomic mass is 10.2. The number of benzene rings is 1. The maximum Gasteiger partial charge on any atom is 0.0349 e. The standard InChI is InChI=1S/C8H7Br2I/c1-4-3-6(11)8(10)5(2)7(4)9/h3H,1-2H3. The average molecular weight is 390 g/mol. The molecule has 0 atom stereocenters. The van der Waals surface area contributed by atoms with E-state index in [9.17, 15) is 0 Å². The van der Waals surface area contributed by atoms with E-state index in [1.165, 1.54) is 23.6 Å². The Bertz CT molecular complexity index is 268. The molecule has 0 aliphatic carbocycles. The Kier molecular flexibility index (Phi) is 3.40. The summed E-state index contributed by atoms with van der Waals surface area (Å²) in [6.45, 7) is 4.20. The molecule has 0 nitrogen and oxygen atoms in total. The van der Waals surface area contributed by atoms with Crippen LogP contribution in [0.25, 0.3) is 0 Å². The van der Waals surface area contributed by atoms with Crippen molar-refractivity contribution in [2.45, 2.75) is 13.8 Å². The fraction of sp³-hybridized carbons (Fsp3) is 0.250. The molecule has 0 fully saturated rings. The van der Waals surface area contributed by atoms with Crippen molar-refractivity contribution in [3.8, 4) is 0 Å². The number of halogens is 3. The van der Waals surface area contributed by atoms with Gasteiger partial charge >= 0.3 is 0 Å². The summed E-state index contributed by atoms with van der Waals surface area (Å²) >= 11 is 9.38. The van der Waals surface area contributed by atoms with Crippen molar-refractivity contribution in [1.29, 1.82) is 0 Å². The Labute approximate surface area is 97.2 Å². The highest BCUT2D eigenvalue weighted by atomic mass is 127. The molecule has 0 heterocycles. The highest BCUT2D eigenvalue weighted by Gasteiger charge is 2.06. The van der Waals surface area contributed by atoms with Crippen LogP contribution in [0.4, 0.5) is 0 Å². The van der Waals surface area contributed by atoms with E-state index in [1.54, 1.807) is 0 Å². The predicted molar refractivity (Wildman–Crippen MR) is 64.0 cm³/mol. The van der Waals surface area contributed by atoms with Crippen LogP contribution in [0.5, 0.6) is 0 Å². The van der Waals surface area contributed by atoms with E-state index in [-0.39, 0.29) is 0 Å². The van der Waals surface area contributed by atoms with E-state index < -0.39 is 0 Å². The van der Waals surface area contributed by atoms with Crippen LogP contribution in [0.3, 0.4) is 0 Å². The third-order valence-corrected chi connectivity index (χ3v) is 5.39. The Morgan fingerprint density at radius 2 is 1.73 bits per heavy atom. The lowest BCUT2D eigenvalue weighted by Gasteiger charge is -2.06. The molecular weight excluding hydrogens is 383 g/mol. The summed E-state index contributed by atoms with van der Waals surface area (Å²) in [7, 11) is 0. The molecule has 1 aromatic carbocycles. The van der Waals surface area contributed by atoms with Crippen molar-refractivity contribution < 1.29 is 0 Å². The van der Waals surface area contributed by atoms with E-state index in [4.69, 9.17) is 0 Å². The molecule has 0 aliphatic heterocycles. The van der Waals surface area contributed by atoms with Gasteiger partial charge < -0.3 is 0 Å². The first-order chi connectivity index (χ1) is 5.04. The molecule has 11 heavy (non-hydrogen) atoms. The maximum atomic E-state index is 3.53. The van der Waals surface area contributed by atoms with Crippen LogP contribution in [0, 0.1) is 17.4 Å². The minimum atomic E-state index is 1.19. The van der Waals surface area contributed by atoms with Crippen LogP contribution in [0.1, 0.15) is 11.1 Å². The van der Waals surface area contributed by atoms with Gasteiger partial charge in [-0.2, -0.15) is 0 Å². The number of hydrogen-bond donors (Lipinski definition) is 0. The van der Waals surface area contributed by atoms with Crippen LogP contribution in [0.15, 0.2) is 15.0 Å². The summed E-state index contributed by atoms with van der Waals surface area (Å²) < 4.78 is 3.65. The van der Waals surface area contributed by atoms with Gasteiger partial charge in [-0.3, -0.25) is 0 Å².